The lowest BCUT2D eigenvalue weighted by Gasteiger charge is -2.32. The summed E-state index contributed by atoms with van der Waals surface area (Å²) in [5.41, 5.74) is -0.110. The smallest absolute Gasteiger partial charge is 0.336 e. The molecule has 0 aromatic carbocycles. The molecular weight excluding hydrogens is 322 g/mol. The third-order valence-corrected chi connectivity index (χ3v) is 6.26. The molecule has 1 fully saturated rings. The van der Waals surface area contributed by atoms with E-state index in [9.17, 15) is 18.0 Å². The van der Waals surface area contributed by atoms with Gasteiger partial charge in [0.05, 0.1) is 25.9 Å². The van der Waals surface area contributed by atoms with Crippen LogP contribution in [0.25, 0.3) is 0 Å². The molecule has 1 aromatic heterocycles. The molecule has 1 atom stereocenters. The molecule has 0 saturated carbocycles. The van der Waals surface area contributed by atoms with Crippen molar-refractivity contribution in [3.63, 3.8) is 0 Å². The highest BCUT2D eigenvalue weighted by Gasteiger charge is 2.39. The van der Waals surface area contributed by atoms with Crippen LogP contribution in [0, 0.1) is 0 Å². The van der Waals surface area contributed by atoms with E-state index in [-0.39, 0.29) is 29.5 Å². The molecule has 1 aliphatic rings. The molecule has 0 bridgehead atoms. The van der Waals surface area contributed by atoms with Crippen molar-refractivity contribution in [1.29, 1.82) is 0 Å². The van der Waals surface area contributed by atoms with Gasteiger partial charge in [0.2, 0.25) is 0 Å². The fraction of sp³-hybridized carbons (Fsp3) is 0.455. The number of hydrogen-bond acceptors (Lipinski definition) is 7. The van der Waals surface area contributed by atoms with Gasteiger partial charge in [0.25, 0.3) is 10.0 Å². The average Bonchev–Trinajstić information content (AvgIpc) is 2.97. The Kier molecular flexibility index (Phi) is 4.61. The summed E-state index contributed by atoms with van der Waals surface area (Å²) in [7, 11) is -2.81. The van der Waals surface area contributed by atoms with Crippen molar-refractivity contribution in [3.05, 3.63) is 17.0 Å². The summed E-state index contributed by atoms with van der Waals surface area (Å²) in [5, 5.41) is 10.1. The Morgan fingerprint density at radius 1 is 1.52 bits per heavy atom. The zero-order valence-corrected chi connectivity index (χ0v) is 12.6. The fourth-order valence-electron chi connectivity index (χ4n) is 1.88. The van der Waals surface area contributed by atoms with Gasteiger partial charge in [0, 0.05) is 11.9 Å². The fourth-order valence-corrected chi connectivity index (χ4v) is 4.71. The lowest BCUT2D eigenvalue weighted by Crippen LogP contribution is -2.52. The predicted molar refractivity (Wildman–Crippen MR) is 71.8 cm³/mol. The number of methoxy groups -OCH3 is 1. The third kappa shape index (κ3) is 3.07. The molecule has 0 radical (unpaired) electrons. The van der Waals surface area contributed by atoms with Gasteiger partial charge in [-0.1, -0.05) is 0 Å². The second-order valence-corrected chi connectivity index (χ2v) is 7.22. The number of sulfonamides is 1. The normalized spacial score (nSPS) is 20.1. The zero-order valence-electron chi connectivity index (χ0n) is 11.0. The van der Waals surface area contributed by atoms with Crippen LogP contribution in [-0.4, -0.2) is 62.7 Å². The Balaban J connectivity index is 2.35. The molecule has 0 spiro atoms. The second kappa shape index (κ2) is 6.10. The van der Waals surface area contributed by atoms with E-state index in [1.165, 1.54) is 5.38 Å². The van der Waals surface area contributed by atoms with Gasteiger partial charge in [-0.15, -0.1) is 11.3 Å². The maximum Gasteiger partial charge on any atom is 0.336 e. The van der Waals surface area contributed by atoms with E-state index in [0.29, 0.717) is 0 Å². The van der Waals surface area contributed by atoms with Crippen LogP contribution in [0.1, 0.15) is 10.4 Å². The number of carbonyl (C=O) groups excluding carboxylic acids is 1. The van der Waals surface area contributed by atoms with E-state index in [2.05, 4.69) is 4.74 Å². The van der Waals surface area contributed by atoms with Gasteiger partial charge in [-0.05, 0) is 6.07 Å². The van der Waals surface area contributed by atoms with Crippen LogP contribution in [-0.2, 0) is 24.3 Å². The van der Waals surface area contributed by atoms with Crippen molar-refractivity contribution in [1.82, 2.24) is 4.31 Å². The second-order valence-electron chi connectivity index (χ2n) is 4.19. The van der Waals surface area contributed by atoms with E-state index in [0.717, 1.165) is 28.8 Å². The number of rotatable bonds is 4. The topological polar surface area (TPSA) is 110 Å². The molecule has 0 amide bonds. The third-order valence-electron chi connectivity index (χ3n) is 2.94. The number of esters is 1. The SMILES string of the molecule is COC(=O)C1COCCN1S(=O)(=O)c1cc(C(=O)O)cs1. The van der Waals surface area contributed by atoms with Gasteiger partial charge in [-0.3, -0.25) is 4.79 Å². The van der Waals surface area contributed by atoms with Crippen LogP contribution in [0.5, 0.6) is 0 Å². The molecule has 1 aromatic rings. The molecule has 21 heavy (non-hydrogen) atoms. The first-order valence-corrected chi connectivity index (χ1v) is 8.19. The lowest BCUT2D eigenvalue weighted by molar-refractivity contribution is -0.149. The van der Waals surface area contributed by atoms with Gasteiger partial charge in [0.15, 0.2) is 0 Å². The highest BCUT2D eigenvalue weighted by atomic mass is 32.2. The highest BCUT2D eigenvalue weighted by Crippen LogP contribution is 2.27. The standard InChI is InChI=1S/C11H13NO7S2/c1-18-11(15)8-5-19-3-2-12(8)21(16,17)9-4-7(6-20-9)10(13)14/h4,6,8H,2-3,5H2,1H3,(H,13,14). The van der Waals surface area contributed by atoms with E-state index < -0.39 is 28.0 Å². The maximum absolute atomic E-state index is 12.5. The molecule has 2 heterocycles. The minimum atomic E-state index is -3.97. The number of carboxylic acids is 1. The summed E-state index contributed by atoms with van der Waals surface area (Å²) in [6.07, 6.45) is 0. The summed E-state index contributed by atoms with van der Waals surface area (Å²) >= 11 is 0.796. The Morgan fingerprint density at radius 2 is 2.24 bits per heavy atom. The molecule has 2 rings (SSSR count). The Bertz CT molecular complexity index is 651. The maximum atomic E-state index is 12.5. The zero-order chi connectivity index (χ0) is 15.6. The van der Waals surface area contributed by atoms with E-state index in [4.69, 9.17) is 9.84 Å². The largest absolute Gasteiger partial charge is 0.478 e. The van der Waals surface area contributed by atoms with Crippen LogP contribution in [0.4, 0.5) is 0 Å². The molecule has 8 nitrogen and oxygen atoms in total. The van der Waals surface area contributed by atoms with Crippen molar-refractivity contribution in [2.75, 3.05) is 26.9 Å². The van der Waals surface area contributed by atoms with Crippen molar-refractivity contribution in [2.24, 2.45) is 0 Å². The quantitative estimate of drug-likeness (QED) is 0.772. The molecule has 1 saturated heterocycles. The minimum Gasteiger partial charge on any atom is -0.478 e. The number of thiophene rings is 1. The first-order valence-electron chi connectivity index (χ1n) is 5.87. The Morgan fingerprint density at radius 3 is 2.81 bits per heavy atom. The van der Waals surface area contributed by atoms with Crippen LogP contribution in [0.3, 0.4) is 0 Å². The van der Waals surface area contributed by atoms with Crippen LogP contribution in [0.15, 0.2) is 15.7 Å². The van der Waals surface area contributed by atoms with Gasteiger partial charge in [-0.25, -0.2) is 13.2 Å². The van der Waals surface area contributed by atoms with Crippen molar-refractivity contribution in [3.8, 4) is 0 Å². The first kappa shape index (κ1) is 15.9. The Labute approximate surface area is 124 Å². The predicted octanol–water partition coefficient (Wildman–Crippen LogP) is 0.00880. The number of ether oxygens (including phenoxy) is 2. The number of hydrogen-bond donors (Lipinski definition) is 1. The highest BCUT2D eigenvalue weighted by molar-refractivity contribution is 7.91. The number of nitrogens with zero attached hydrogens (tertiary/aromatic N) is 1. The number of aromatic carboxylic acids is 1. The molecule has 1 aliphatic heterocycles. The summed E-state index contributed by atoms with van der Waals surface area (Å²) in [6.45, 7) is 0.0648. The van der Waals surface area contributed by atoms with E-state index >= 15 is 0 Å². The van der Waals surface area contributed by atoms with Crippen molar-refractivity contribution >= 4 is 33.3 Å². The van der Waals surface area contributed by atoms with Gasteiger partial charge < -0.3 is 14.6 Å². The number of morpholine rings is 1. The summed E-state index contributed by atoms with van der Waals surface area (Å²) < 4.78 is 35.6. The van der Waals surface area contributed by atoms with Crippen LogP contribution in [0.2, 0.25) is 0 Å². The van der Waals surface area contributed by atoms with Crippen molar-refractivity contribution in [2.45, 2.75) is 10.3 Å². The summed E-state index contributed by atoms with van der Waals surface area (Å²) in [4.78, 5) is 22.5. The Hall–Kier alpha value is -1.49. The van der Waals surface area contributed by atoms with E-state index in [1.807, 2.05) is 0 Å². The van der Waals surface area contributed by atoms with Gasteiger partial charge in [0.1, 0.15) is 10.3 Å². The van der Waals surface area contributed by atoms with Crippen LogP contribution < -0.4 is 0 Å². The number of carbonyl (C=O) groups is 2. The van der Waals surface area contributed by atoms with Crippen LogP contribution >= 0.6 is 11.3 Å². The molecule has 1 unspecified atom stereocenters. The van der Waals surface area contributed by atoms with Gasteiger partial charge >= 0.3 is 11.9 Å². The summed E-state index contributed by atoms with van der Waals surface area (Å²) in [5.74, 6) is -1.92. The van der Waals surface area contributed by atoms with Gasteiger partial charge in [-0.2, -0.15) is 4.31 Å². The molecule has 1 N–H and O–H groups in total. The number of carboxylic acid groups (broad SMARTS) is 1. The van der Waals surface area contributed by atoms with E-state index in [1.54, 1.807) is 0 Å². The van der Waals surface area contributed by atoms with Crippen molar-refractivity contribution < 1.29 is 32.6 Å². The molecule has 0 aliphatic carbocycles. The molecular formula is C11H13NO7S2. The molecule has 116 valence electrons. The monoisotopic (exact) mass is 335 g/mol. The molecule has 10 heteroatoms. The summed E-state index contributed by atoms with van der Waals surface area (Å²) in [6, 6.07) is 0.00991. The first-order chi connectivity index (χ1) is 9.87. The average molecular weight is 335 g/mol. The lowest BCUT2D eigenvalue weighted by atomic mass is 10.3. The minimum absolute atomic E-state index is 0.00239.